The van der Waals surface area contributed by atoms with E-state index in [4.69, 9.17) is 9.47 Å². The molecule has 4 heteroatoms. The molecule has 1 heterocycles. The van der Waals surface area contributed by atoms with Gasteiger partial charge in [-0.15, -0.1) is 0 Å². The van der Waals surface area contributed by atoms with E-state index in [1.165, 1.54) is 20.3 Å². The molecule has 2 aromatic carbocycles. The molecule has 1 aliphatic heterocycles. The number of ether oxygens (including phenoxy) is 2. The van der Waals surface area contributed by atoms with E-state index in [1.807, 2.05) is 38.1 Å². The van der Waals surface area contributed by atoms with E-state index in [0.29, 0.717) is 13.2 Å². The predicted octanol–water partition coefficient (Wildman–Crippen LogP) is 6.26. The second-order valence-electron chi connectivity index (χ2n) is 5.12. The van der Waals surface area contributed by atoms with Crippen LogP contribution in [0, 0.1) is 0 Å². The fraction of sp³-hybridized carbons (Fsp3) is 0.200. The first-order valence-corrected chi connectivity index (χ1v) is 9.70. The van der Waals surface area contributed by atoms with E-state index >= 15 is 0 Å². The lowest BCUT2D eigenvalue weighted by Gasteiger charge is -2.05. The molecule has 0 aliphatic carbocycles. The first-order valence-electron chi connectivity index (χ1n) is 8.01. The molecule has 0 atom stereocenters. The summed E-state index contributed by atoms with van der Waals surface area (Å²) < 4.78 is 12.3. The van der Waals surface area contributed by atoms with Gasteiger partial charge in [-0.2, -0.15) is 0 Å². The van der Waals surface area contributed by atoms with Crippen LogP contribution < -0.4 is 9.47 Å². The lowest BCUT2D eigenvalue weighted by molar-refractivity contribution is 0.340. The Morgan fingerprint density at radius 2 is 1.42 bits per heavy atom. The van der Waals surface area contributed by atoms with Crippen LogP contribution in [0.3, 0.4) is 0 Å². The molecular formula is C20H20O2S2. The zero-order chi connectivity index (χ0) is 16.8. The summed E-state index contributed by atoms with van der Waals surface area (Å²) in [6, 6.07) is 16.5. The molecule has 0 bridgehead atoms. The highest BCUT2D eigenvalue weighted by molar-refractivity contribution is 8.31. The highest BCUT2D eigenvalue weighted by Gasteiger charge is 2.14. The van der Waals surface area contributed by atoms with Gasteiger partial charge >= 0.3 is 0 Å². The fourth-order valence-corrected chi connectivity index (χ4v) is 4.48. The van der Waals surface area contributed by atoms with Gasteiger partial charge < -0.3 is 9.47 Å². The summed E-state index contributed by atoms with van der Waals surface area (Å²) in [6.45, 7) is 5.39. The zero-order valence-electron chi connectivity index (χ0n) is 13.8. The van der Waals surface area contributed by atoms with Crippen LogP contribution in [0.2, 0.25) is 0 Å². The van der Waals surface area contributed by atoms with Gasteiger partial charge in [0, 0.05) is 9.14 Å². The smallest absolute Gasteiger partial charge is 0.119 e. The van der Waals surface area contributed by atoms with Crippen molar-refractivity contribution < 1.29 is 9.47 Å². The van der Waals surface area contributed by atoms with E-state index in [-0.39, 0.29) is 0 Å². The molecule has 1 aliphatic rings. The molecule has 0 amide bonds. The van der Waals surface area contributed by atoms with Gasteiger partial charge in [-0.05, 0) is 60.7 Å². The van der Waals surface area contributed by atoms with Crippen molar-refractivity contribution >= 4 is 34.5 Å². The summed E-state index contributed by atoms with van der Waals surface area (Å²) in [4.78, 5) is 1.28. The molecule has 0 fully saturated rings. The molecule has 2 nitrogen and oxygen atoms in total. The Morgan fingerprint density at radius 1 is 0.833 bits per heavy atom. The molecule has 3 rings (SSSR count). The number of benzene rings is 2. The maximum Gasteiger partial charge on any atom is 0.119 e. The Balaban J connectivity index is 1.65. The van der Waals surface area contributed by atoms with Gasteiger partial charge in [-0.1, -0.05) is 47.8 Å². The summed E-state index contributed by atoms with van der Waals surface area (Å²) in [5, 5.41) is 2.21. The van der Waals surface area contributed by atoms with E-state index in [2.05, 4.69) is 35.7 Å². The molecule has 0 N–H and O–H groups in total. The van der Waals surface area contributed by atoms with Gasteiger partial charge in [0.15, 0.2) is 0 Å². The first-order chi connectivity index (χ1) is 11.8. The zero-order valence-corrected chi connectivity index (χ0v) is 15.5. The standard InChI is InChI=1S/C20H20O2S2/c1-3-21-17-9-5-15(6-10-17)13-20-23-14-19(24-20)16-7-11-18(12-8-16)22-4-2/h5-14H,3-4H2,1-2H3. The average molecular weight is 357 g/mol. The summed E-state index contributed by atoms with van der Waals surface area (Å²) in [7, 11) is 0. The van der Waals surface area contributed by atoms with Crippen LogP contribution >= 0.6 is 23.5 Å². The molecule has 0 unspecified atom stereocenters. The van der Waals surface area contributed by atoms with Crippen molar-refractivity contribution in [3.8, 4) is 11.5 Å². The van der Waals surface area contributed by atoms with E-state index in [0.717, 1.165) is 11.5 Å². The summed E-state index contributed by atoms with van der Waals surface area (Å²) in [5.41, 5.74) is 2.42. The largest absolute Gasteiger partial charge is 0.494 e. The molecule has 0 spiro atoms. The van der Waals surface area contributed by atoms with Crippen LogP contribution in [-0.2, 0) is 0 Å². The number of rotatable bonds is 6. The lowest BCUT2D eigenvalue weighted by atomic mass is 10.2. The highest BCUT2D eigenvalue weighted by atomic mass is 32.2. The van der Waals surface area contributed by atoms with Crippen molar-refractivity contribution in [1.82, 2.24) is 0 Å². The van der Waals surface area contributed by atoms with Crippen LogP contribution in [0.25, 0.3) is 11.0 Å². The second-order valence-corrected chi connectivity index (χ2v) is 7.38. The fourth-order valence-electron chi connectivity index (χ4n) is 2.30. The predicted molar refractivity (Wildman–Crippen MR) is 106 cm³/mol. The first kappa shape index (κ1) is 17.1. The minimum Gasteiger partial charge on any atom is -0.494 e. The maximum absolute atomic E-state index is 5.50. The Bertz CT molecular complexity index is 731. The third-order valence-corrected chi connectivity index (χ3v) is 5.70. The lowest BCUT2D eigenvalue weighted by Crippen LogP contribution is -1.90. The highest BCUT2D eigenvalue weighted by Crippen LogP contribution is 2.49. The van der Waals surface area contributed by atoms with Crippen molar-refractivity contribution in [2.45, 2.75) is 13.8 Å². The Kier molecular flexibility index (Phi) is 5.94. The van der Waals surface area contributed by atoms with Crippen molar-refractivity contribution in [2.75, 3.05) is 13.2 Å². The monoisotopic (exact) mass is 356 g/mol. The normalized spacial score (nSPS) is 15.4. The number of hydrogen-bond acceptors (Lipinski definition) is 4. The van der Waals surface area contributed by atoms with Gasteiger partial charge in [0.05, 0.1) is 13.2 Å². The minimum atomic E-state index is 0.696. The topological polar surface area (TPSA) is 18.5 Å². The van der Waals surface area contributed by atoms with Crippen molar-refractivity contribution in [3.05, 3.63) is 69.3 Å². The second kappa shape index (κ2) is 8.36. The summed E-state index contributed by atoms with van der Waals surface area (Å²) in [5.74, 6) is 1.84. The van der Waals surface area contributed by atoms with Crippen molar-refractivity contribution in [2.24, 2.45) is 0 Å². The van der Waals surface area contributed by atoms with Crippen molar-refractivity contribution in [3.63, 3.8) is 0 Å². The van der Waals surface area contributed by atoms with Gasteiger partial charge in [0.25, 0.3) is 0 Å². The van der Waals surface area contributed by atoms with E-state index in [1.54, 1.807) is 23.5 Å². The van der Waals surface area contributed by atoms with Crippen LogP contribution in [0.15, 0.2) is 58.2 Å². The van der Waals surface area contributed by atoms with Crippen LogP contribution in [0.1, 0.15) is 25.0 Å². The van der Waals surface area contributed by atoms with E-state index < -0.39 is 0 Å². The quantitative estimate of drug-likeness (QED) is 0.607. The van der Waals surface area contributed by atoms with Crippen LogP contribution in [0.4, 0.5) is 0 Å². The molecule has 0 saturated carbocycles. The summed E-state index contributed by atoms with van der Waals surface area (Å²) >= 11 is 3.57. The van der Waals surface area contributed by atoms with Crippen molar-refractivity contribution in [1.29, 1.82) is 0 Å². The maximum atomic E-state index is 5.50. The van der Waals surface area contributed by atoms with Gasteiger partial charge in [0.2, 0.25) is 0 Å². The van der Waals surface area contributed by atoms with Crippen LogP contribution in [0.5, 0.6) is 11.5 Å². The third kappa shape index (κ3) is 4.40. The number of hydrogen-bond donors (Lipinski definition) is 0. The molecule has 24 heavy (non-hydrogen) atoms. The summed E-state index contributed by atoms with van der Waals surface area (Å²) in [6.07, 6.45) is 2.21. The molecule has 0 saturated heterocycles. The van der Waals surface area contributed by atoms with Gasteiger partial charge in [-0.3, -0.25) is 0 Å². The Hall–Kier alpha value is -1.78. The number of thioether (sulfide) groups is 2. The molecule has 0 radical (unpaired) electrons. The average Bonchev–Trinajstić information content (AvgIpc) is 3.06. The Labute approximate surface area is 151 Å². The van der Waals surface area contributed by atoms with Gasteiger partial charge in [0.1, 0.15) is 11.5 Å². The molecule has 124 valence electrons. The van der Waals surface area contributed by atoms with Gasteiger partial charge in [-0.25, -0.2) is 0 Å². The van der Waals surface area contributed by atoms with E-state index in [9.17, 15) is 0 Å². The molecular weight excluding hydrogens is 336 g/mol. The minimum absolute atomic E-state index is 0.696. The SMILES string of the molecule is CCOc1ccc(C=C2SC=C(c3ccc(OCC)cc3)S2)cc1. The molecule has 2 aromatic rings. The third-order valence-electron chi connectivity index (χ3n) is 3.42. The molecule has 0 aromatic heterocycles. The van der Waals surface area contributed by atoms with Crippen LogP contribution in [-0.4, -0.2) is 13.2 Å². The Morgan fingerprint density at radius 3 is 2.00 bits per heavy atom.